The fourth-order valence-electron chi connectivity index (χ4n) is 1.63. The van der Waals surface area contributed by atoms with Gasteiger partial charge in [-0.2, -0.15) is 0 Å². The maximum absolute atomic E-state index is 11.5. The van der Waals surface area contributed by atoms with Gasteiger partial charge in [-0.15, -0.1) is 0 Å². The van der Waals surface area contributed by atoms with Crippen molar-refractivity contribution < 1.29 is 9.53 Å². The zero-order valence-corrected chi connectivity index (χ0v) is 8.05. The topological polar surface area (TPSA) is 29.5 Å². The van der Waals surface area contributed by atoms with Gasteiger partial charge in [-0.3, -0.25) is 9.69 Å². The fourth-order valence-corrected chi connectivity index (χ4v) is 1.63. The second-order valence-electron chi connectivity index (χ2n) is 3.74. The maximum Gasteiger partial charge on any atom is 0.291 e. The van der Waals surface area contributed by atoms with Crippen molar-refractivity contribution in [3.8, 4) is 0 Å². The minimum absolute atomic E-state index is 0.102. The Labute approximate surface area is 73.0 Å². The van der Waals surface area contributed by atoms with E-state index in [1.165, 1.54) is 0 Å². The Morgan fingerprint density at radius 2 is 2.00 bits per heavy atom. The summed E-state index contributed by atoms with van der Waals surface area (Å²) in [6.45, 7) is 11.2. The Hall–Kier alpha value is -0.990. The first-order chi connectivity index (χ1) is 5.36. The van der Waals surface area contributed by atoms with Crippen molar-refractivity contribution in [2.45, 2.75) is 39.5 Å². The Kier molecular flexibility index (Phi) is 1.90. The minimum atomic E-state index is -0.539. The standard InChI is InChI=1S/C9H15NO2/c1-6(2)10-8(11)7(3)12-9(10,4)5/h6H,3H2,1-2,4-5H3. The number of hydrogen-bond acceptors (Lipinski definition) is 2. The van der Waals surface area contributed by atoms with Gasteiger partial charge >= 0.3 is 0 Å². The molecular weight excluding hydrogens is 154 g/mol. The summed E-state index contributed by atoms with van der Waals surface area (Å²) in [6, 6.07) is 0.145. The summed E-state index contributed by atoms with van der Waals surface area (Å²) in [7, 11) is 0. The molecule has 0 aliphatic carbocycles. The van der Waals surface area contributed by atoms with Crippen LogP contribution in [0.25, 0.3) is 0 Å². The summed E-state index contributed by atoms with van der Waals surface area (Å²) in [5, 5.41) is 0. The number of rotatable bonds is 1. The van der Waals surface area contributed by atoms with Gasteiger partial charge in [0, 0.05) is 6.04 Å². The van der Waals surface area contributed by atoms with Crippen molar-refractivity contribution in [3.63, 3.8) is 0 Å². The van der Waals surface area contributed by atoms with Gasteiger partial charge < -0.3 is 4.74 Å². The second kappa shape index (κ2) is 2.51. The summed E-state index contributed by atoms with van der Waals surface area (Å²) in [5.41, 5.74) is -0.539. The molecule has 68 valence electrons. The first kappa shape index (κ1) is 9.10. The van der Waals surface area contributed by atoms with Gasteiger partial charge in [0.2, 0.25) is 0 Å². The molecule has 1 rings (SSSR count). The molecule has 0 bridgehead atoms. The molecule has 1 aliphatic heterocycles. The van der Waals surface area contributed by atoms with Crippen molar-refractivity contribution in [2.24, 2.45) is 0 Å². The van der Waals surface area contributed by atoms with Crippen LogP contribution in [0.3, 0.4) is 0 Å². The number of carbonyl (C=O) groups is 1. The molecule has 0 aromatic rings. The molecule has 3 heteroatoms. The third-order valence-electron chi connectivity index (χ3n) is 1.93. The second-order valence-corrected chi connectivity index (χ2v) is 3.74. The van der Waals surface area contributed by atoms with E-state index in [-0.39, 0.29) is 17.7 Å². The zero-order valence-electron chi connectivity index (χ0n) is 8.05. The van der Waals surface area contributed by atoms with Crippen molar-refractivity contribution in [1.82, 2.24) is 4.90 Å². The first-order valence-corrected chi connectivity index (χ1v) is 4.08. The molecule has 0 radical (unpaired) electrons. The molecule has 1 fully saturated rings. The number of ether oxygens (including phenoxy) is 1. The fraction of sp³-hybridized carbons (Fsp3) is 0.667. The van der Waals surface area contributed by atoms with E-state index in [9.17, 15) is 4.79 Å². The van der Waals surface area contributed by atoms with Gasteiger partial charge in [-0.1, -0.05) is 6.58 Å². The van der Waals surface area contributed by atoms with Crippen LogP contribution in [0.1, 0.15) is 27.7 Å². The van der Waals surface area contributed by atoms with Crippen molar-refractivity contribution in [2.75, 3.05) is 0 Å². The number of amides is 1. The molecule has 1 aliphatic rings. The van der Waals surface area contributed by atoms with Crippen molar-refractivity contribution in [3.05, 3.63) is 12.3 Å². The molecular formula is C9H15NO2. The predicted molar refractivity (Wildman–Crippen MR) is 46.3 cm³/mol. The lowest BCUT2D eigenvalue weighted by atomic mass is 10.2. The van der Waals surface area contributed by atoms with E-state index < -0.39 is 5.72 Å². The highest BCUT2D eigenvalue weighted by Crippen LogP contribution is 2.30. The molecule has 1 amide bonds. The third kappa shape index (κ3) is 1.19. The van der Waals surface area contributed by atoms with E-state index in [0.29, 0.717) is 0 Å². The lowest BCUT2D eigenvalue weighted by Gasteiger charge is -2.32. The van der Waals surface area contributed by atoms with E-state index in [1.807, 2.05) is 27.7 Å². The van der Waals surface area contributed by atoms with Crippen LogP contribution >= 0.6 is 0 Å². The smallest absolute Gasteiger partial charge is 0.291 e. The Morgan fingerprint density at radius 1 is 1.50 bits per heavy atom. The van der Waals surface area contributed by atoms with Crippen LogP contribution in [-0.2, 0) is 9.53 Å². The molecule has 0 unspecified atom stereocenters. The van der Waals surface area contributed by atoms with E-state index in [4.69, 9.17) is 4.74 Å². The number of hydrogen-bond donors (Lipinski definition) is 0. The highest BCUT2D eigenvalue weighted by atomic mass is 16.5. The average molecular weight is 169 g/mol. The number of nitrogens with zero attached hydrogens (tertiary/aromatic N) is 1. The highest BCUT2D eigenvalue weighted by Gasteiger charge is 2.43. The maximum atomic E-state index is 11.5. The summed E-state index contributed by atoms with van der Waals surface area (Å²) in [4.78, 5) is 13.2. The molecule has 1 heterocycles. The zero-order chi connectivity index (χ0) is 9.52. The van der Waals surface area contributed by atoms with E-state index in [1.54, 1.807) is 4.90 Å². The highest BCUT2D eigenvalue weighted by molar-refractivity contribution is 5.93. The molecule has 0 saturated carbocycles. The van der Waals surface area contributed by atoms with E-state index in [0.717, 1.165) is 0 Å². The van der Waals surface area contributed by atoms with Crippen LogP contribution in [0, 0.1) is 0 Å². The van der Waals surface area contributed by atoms with Gasteiger partial charge in [0.05, 0.1) is 0 Å². The molecule has 12 heavy (non-hydrogen) atoms. The normalized spacial score (nSPS) is 21.9. The predicted octanol–water partition coefficient (Wildman–Crippen LogP) is 1.50. The number of carbonyl (C=O) groups excluding carboxylic acids is 1. The quantitative estimate of drug-likeness (QED) is 0.557. The van der Waals surface area contributed by atoms with Gasteiger partial charge in [-0.05, 0) is 27.7 Å². The minimum Gasteiger partial charge on any atom is -0.463 e. The Balaban J connectivity index is 2.97. The summed E-state index contributed by atoms with van der Waals surface area (Å²) in [6.07, 6.45) is 0. The third-order valence-corrected chi connectivity index (χ3v) is 1.93. The van der Waals surface area contributed by atoms with Crippen molar-refractivity contribution in [1.29, 1.82) is 0 Å². The molecule has 1 saturated heterocycles. The van der Waals surface area contributed by atoms with Crippen LogP contribution in [0.5, 0.6) is 0 Å². The lowest BCUT2D eigenvalue weighted by molar-refractivity contribution is -0.133. The Morgan fingerprint density at radius 3 is 2.17 bits per heavy atom. The largest absolute Gasteiger partial charge is 0.463 e. The van der Waals surface area contributed by atoms with E-state index >= 15 is 0 Å². The molecule has 0 aromatic heterocycles. The first-order valence-electron chi connectivity index (χ1n) is 4.08. The van der Waals surface area contributed by atoms with Gasteiger partial charge in [-0.25, -0.2) is 0 Å². The average Bonchev–Trinajstić information content (AvgIpc) is 2.01. The van der Waals surface area contributed by atoms with Gasteiger partial charge in [0.1, 0.15) is 0 Å². The van der Waals surface area contributed by atoms with E-state index in [2.05, 4.69) is 6.58 Å². The van der Waals surface area contributed by atoms with Crippen LogP contribution in [-0.4, -0.2) is 22.6 Å². The van der Waals surface area contributed by atoms with Crippen LogP contribution in [0.4, 0.5) is 0 Å². The van der Waals surface area contributed by atoms with Crippen LogP contribution in [0.15, 0.2) is 12.3 Å². The summed E-state index contributed by atoms with van der Waals surface area (Å²) >= 11 is 0. The van der Waals surface area contributed by atoms with Gasteiger partial charge in [0.15, 0.2) is 11.5 Å². The van der Waals surface area contributed by atoms with Crippen molar-refractivity contribution >= 4 is 5.91 Å². The van der Waals surface area contributed by atoms with Crippen LogP contribution in [0.2, 0.25) is 0 Å². The molecule has 3 nitrogen and oxygen atoms in total. The summed E-state index contributed by atoms with van der Waals surface area (Å²) in [5.74, 6) is 0.142. The Bertz CT molecular complexity index is 231. The molecule has 0 aromatic carbocycles. The monoisotopic (exact) mass is 169 g/mol. The lowest BCUT2D eigenvalue weighted by Crippen LogP contribution is -2.45. The summed E-state index contributed by atoms with van der Waals surface area (Å²) < 4.78 is 5.32. The molecule has 0 atom stereocenters. The van der Waals surface area contributed by atoms with Crippen LogP contribution < -0.4 is 0 Å². The molecule has 0 spiro atoms. The molecule has 0 N–H and O–H groups in total. The van der Waals surface area contributed by atoms with Gasteiger partial charge in [0.25, 0.3) is 5.91 Å². The SMILES string of the molecule is C=C1OC(C)(C)N(C(C)C)C1=O.